The summed E-state index contributed by atoms with van der Waals surface area (Å²) in [4.78, 5) is 45.8. The number of fused-ring (bicyclic) bond motifs is 1. The molecule has 2 amide bonds. The van der Waals surface area contributed by atoms with Crippen LogP contribution in [-0.4, -0.2) is 30.9 Å². The molecule has 0 aliphatic carbocycles. The molecule has 0 unspecified atom stereocenters. The van der Waals surface area contributed by atoms with E-state index in [-0.39, 0.29) is 23.7 Å². The number of carbonyl (C=O) groups excluding carboxylic acids is 2. The van der Waals surface area contributed by atoms with Crippen molar-refractivity contribution in [3.63, 3.8) is 0 Å². The summed E-state index contributed by atoms with van der Waals surface area (Å²) in [7, 11) is 0. The predicted octanol–water partition coefficient (Wildman–Crippen LogP) is 4.13. The molecule has 0 fully saturated rings. The third kappa shape index (κ3) is 5.01. The zero-order chi connectivity index (χ0) is 25.1. The average Bonchev–Trinajstić information content (AvgIpc) is 3.25. The molecule has 178 valence electrons. The zero-order valence-corrected chi connectivity index (χ0v) is 19.5. The Morgan fingerprint density at radius 3 is 2.36 bits per heavy atom. The van der Waals surface area contributed by atoms with Gasteiger partial charge >= 0.3 is 0 Å². The maximum atomic E-state index is 13.2. The molecule has 9 nitrogen and oxygen atoms in total. The van der Waals surface area contributed by atoms with Crippen molar-refractivity contribution >= 4 is 46.0 Å². The van der Waals surface area contributed by atoms with E-state index in [0.717, 1.165) is 5.69 Å². The lowest BCUT2D eigenvalue weighted by Gasteiger charge is -2.11. The van der Waals surface area contributed by atoms with E-state index in [9.17, 15) is 14.4 Å². The number of para-hydroxylation sites is 2. The molecule has 2 aromatic carbocycles. The molecule has 0 aliphatic heterocycles. The molecule has 0 radical (unpaired) electrons. The minimum atomic E-state index is -0.459. The predicted molar refractivity (Wildman–Crippen MR) is 138 cm³/mol. The number of nitrogens with one attached hydrogen (secondary N) is 2. The first kappa shape index (κ1) is 23.0. The lowest BCUT2D eigenvalue weighted by Crippen LogP contribution is -2.24. The summed E-state index contributed by atoms with van der Waals surface area (Å²) in [6, 6.07) is 20.5. The number of rotatable bonds is 6. The number of imidazole rings is 1. The molecular formula is C26H19ClN6O3. The van der Waals surface area contributed by atoms with Gasteiger partial charge in [-0.25, -0.2) is 9.97 Å². The van der Waals surface area contributed by atoms with Gasteiger partial charge in [-0.1, -0.05) is 23.7 Å². The number of nitrogens with zero attached hydrogens (tertiary/aromatic N) is 4. The molecular weight excluding hydrogens is 480 g/mol. The second kappa shape index (κ2) is 9.85. The summed E-state index contributed by atoms with van der Waals surface area (Å²) >= 11 is 5.85. The van der Waals surface area contributed by atoms with Crippen molar-refractivity contribution in [2.75, 3.05) is 10.6 Å². The first-order chi connectivity index (χ1) is 17.5. The Kier molecular flexibility index (Phi) is 6.29. The number of anilines is 2. The summed E-state index contributed by atoms with van der Waals surface area (Å²) in [6.45, 7) is -0.140. The van der Waals surface area contributed by atoms with Crippen LogP contribution in [0.3, 0.4) is 0 Å². The SMILES string of the molecule is O=C(Cn1c(C(=O)Nc2ccc(-n3ccc(=O)cc3)cc2)nc2ccccc21)Nc1ccc(Cl)cn1. The van der Waals surface area contributed by atoms with Crippen molar-refractivity contribution in [2.24, 2.45) is 0 Å². The largest absolute Gasteiger partial charge is 0.324 e. The molecule has 2 N–H and O–H groups in total. The summed E-state index contributed by atoms with van der Waals surface area (Å²) in [5.74, 6) is -0.380. The van der Waals surface area contributed by atoms with Gasteiger partial charge in [-0.2, -0.15) is 0 Å². The summed E-state index contributed by atoms with van der Waals surface area (Å²) in [5.41, 5.74) is 2.55. The third-order valence-corrected chi connectivity index (χ3v) is 5.60. The van der Waals surface area contributed by atoms with Crippen molar-refractivity contribution in [3.8, 4) is 5.69 Å². The van der Waals surface area contributed by atoms with Gasteiger partial charge in [0, 0.05) is 42.1 Å². The van der Waals surface area contributed by atoms with Gasteiger partial charge in [-0.05, 0) is 48.5 Å². The Bertz CT molecular complexity index is 1600. The lowest BCUT2D eigenvalue weighted by molar-refractivity contribution is -0.116. The number of carbonyl (C=O) groups is 2. The first-order valence-corrected chi connectivity index (χ1v) is 11.3. The number of aromatic nitrogens is 4. The summed E-state index contributed by atoms with van der Waals surface area (Å²) in [5, 5.41) is 6.00. The fraction of sp³-hybridized carbons (Fsp3) is 0.0385. The molecule has 3 heterocycles. The van der Waals surface area contributed by atoms with Crippen LogP contribution in [0.4, 0.5) is 11.5 Å². The van der Waals surface area contributed by atoms with E-state index >= 15 is 0 Å². The summed E-state index contributed by atoms with van der Waals surface area (Å²) < 4.78 is 3.35. The van der Waals surface area contributed by atoms with E-state index in [1.807, 2.05) is 24.3 Å². The minimum Gasteiger partial charge on any atom is -0.324 e. The van der Waals surface area contributed by atoms with E-state index < -0.39 is 5.91 Å². The van der Waals surface area contributed by atoms with Gasteiger partial charge in [0.25, 0.3) is 5.91 Å². The van der Waals surface area contributed by atoms with Gasteiger partial charge < -0.3 is 19.8 Å². The summed E-state index contributed by atoms with van der Waals surface area (Å²) in [6.07, 6.45) is 4.77. The van der Waals surface area contributed by atoms with Crippen LogP contribution in [0.2, 0.25) is 5.02 Å². The van der Waals surface area contributed by atoms with Crippen LogP contribution in [-0.2, 0) is 11.3 Å². The van der Waals surface area contributed by atoms with Crippen molar-refractivity contribution in [2.45, 2.75) is 6.54 Å². The molecule has 0 aliphatic rings. The van der Waals surface area contributed by atoms with Crippen molar-refractivity contribution in [1.29, 1.82) is 0 Å². The van der Waals surface area contributed by atoms with Crippen LogP contribution in [0.5, 0.6) is 0 Å². The van der Waals surface area contributed by atoms with Crippen molar-refractivity contribution < 1.29 is 9.59 Å². The second-order valence-corrected chi connectivity index (χ2v) is 8.30. The molecule has 10 heteroatoms. The van der Waals surface area contributed by atoms with Gasteiger partial charge in [0.2, 0.25) is 11.7 Å². The Labute approximate surface area is 210 Å². The number of hydrogen-bond donors (Lipinski definition) is 2. The molecule has 5 aromatic rings. The molecule has 0 spiro atoms. The normalized spacial score (nSPS) is 10.8. The number of halogens is 1. The van der Waals surface area contributed by atoms with Crippen molar-refractivity contribution in [1.82, 2.24) is 19.1 Å². The monoisotopic (exact) mass is 498 g/mol. The molecule has 0 saturated heterocycles. The minimum absolute atomic E-state index is 0.0730. The zero-order valence-electron chi connectivity index (χ0n) is 18.8. The van der Waals surface area contributed by atoms with Gasteiger partial charge in [0.1, 0.15) is 12.4 Å². The van der Waals surface area contributed by atoms with Crippen LogP contribution in [0.1, 0.15) is 10.6 Å². The lowest BCUT2D eigenvalue weighted by atomic mass is 10.2. The van der Waals surface area contributed by atoms with Crippen LogP contribution in [0.15, 0.2) is 96.2 Å². The fourth-order valence-electron chi connectivity index (χ4n) is 3.67. The van der Waals surface area contributed by atoms with Crippen molar-refractivity contribution in [3.05, 3.63) is 112 Å². The highest BCUT2D eigenvalue weighted by atomic mass is 35.5. The van der Waals surface area contributed by atoms with E-state index in [2.05, 4.69) is 20.6 Å². The Balaban J connectivity index is 1.37. The smallest absolute Gasteiger partial charge is 0.291 e. The number of benzene rings is 2. The molecule has 36 heavy (non-hydrogen) atoms. The topological polar surface area (TPSA) is 111 Å². The van der Waals surface area contributed by atoms with Crippen LogP contribution in [0.25, 0.3) is 16.7 Å². The Morgan fingerprint density at radius 1 is 0.889 bits per heavy atom. The van der Waals surface area contributed by atoms with Gasteiger partial charge in [0.05, 0.1) is 16.1 Å². The maximum absolute atomic E-state index is 13.2. The third-order valence-electron chi connectivity index (χ3n) is 5.38. The second-order valence-electron chi connectivity index (χ2n) is 7.86. The van der Waals surface area contributed by atoms with Gasteiger partial charge in [-0.15, -0.1) is 0 Å². The Morgan fingerprint density at radius 2 is 1.64 bits per heavy atom. The van der Waals surface area contributed by atoms with E-state index in [4.69, 9.17) is 11.6 Å². The van der Waals surface area contributed by atoms with Crippen LogP contribution >= 0.6 is 11.6 Å². The molecule has 3 aromatic heterocycles. The van der Waals surface area contributed by atoms with Gasteiger partial charge in [-0.3, -0.25) is 14.4 Å². The fourth-order valence-corrected chi connectivity index (χ4v) is 3.79. The average molecular weight is 499 g/mol. The van der Waals surface area contributed by atoms with E-state index in [0.29, 0.717) is 27.6 Å². The molecule has 0 atom stereocenters. The van der Waals surface area contributed by atoms with Gasteiger partial charge in [0.15, 0.2) is 5.43 Å². The molecule has 0 saturated carbocycles. The highest BCUT2D eigenvalue weighted by Gasteiger charge is 2.20. The van der Waals surface area contributed by atoms with E-state index in [1.54, 1.807) is 57.9 Å². The van der Waals surface area contributed by atoms with E-state index in [1.165, 1.54) is 18.3 Å². The van der Waals surface area contributed by atoms with Crippen LogP contribution < -0.4 is 16.1 Å². The molecule has 5 rings (SSSR count). The highest BCUT2D eigenvalue weighted by molar-refractivity contribution is 6.30. The maximum Gasteiger partial charge on any atom is 0.291 e. The quantitative estimate of drug-likeness (QED) is 0.366. The standard InChI is InChI=1S/C26H19ClN6O3/c27-17-5-10-23(28-15-17)31-24(35)16-33-22-4-2-1-3-21(22)30-25(33)26(36)29-18-6-8-19(9-7-18)32-13-11-20(34)12-14-32/h1-15H,16H2,(H,29,36)(H,28,31,35). The number of pyridine rings is 2. The first-order valence-electron chi connectivity index (χ1n) is 10.9. The number of amides is 2. The van der Waals surface area contributed by atoms with Crippen LogP contribution in [0, 0.1) is 0 Å². The highest BCUT2D eigenvalue weighted by Crippen LogP contribution is 2.19. The molecule has 0 bridgehead atoms. The number of hydrogen-bond acceptors (Lipinski definition) is 5. The Hall–Kier alpha value is -4.76.